The van der Waals surface area contributed by atoms with Gasteiger partial charge in [0, 0.05) is 52.9 Å². The SMILES string of the molecule is Cc1ccc(NC(=O)c2ccnc(N3CCCC3)c2)cc1Nc1ccc2c(c1)CC(C)(C)C2=O. The number of Topliss-reactive ketones (excluding diaryl/α,β-unsaturated/α-hetero) is 1. The number of nitrogens with one attached hydrogen (secondary N) is 2. The molecule has 0 unspecified atom stereocenters. The molecule has 3 aromatic rings. The second kappa shape index (κ2) is 8.60. The fourth-order valence-corrected chi connectivity index (χ4v) is 4.83. The molecule has 0 spiro atoms. The Bertz CT molecular complexity index is 1280. The van der Waals surface area contributed by atoms with Crippen LogP contribution in [-0.2, 0) is 6.42 Å². The van der Waals surface area contributed by atoms with Gasteiger partial charge >= 0.3 is 0 Å². The number of nitrogens with zero attached hydrogens (tertiary/aromatic N) is 2. The van der Waals surface area contributed by atoms with Crippen LogP contribution in [0.2, 0.25) is 0 Å². The summed E-state index contributed by atoms with van der Waals surface area (Å²) >= 11 is 0. The van der Waals surface area contributed by atoms with Gasteiger partial charge in [-0.05, 0) is 79.8 Å². The molecule has 6 nitrogen and oxygen atoms in total. The van der Waals surface area contributed by atoms with E-state index in [2.05, 4.69) is 26.6 Å². The molecule has 2 N–H and O–H groups in total. The third kappa shape index (κ3) is 4.28. The first-order valence-electron chi connectivity index (χ1n) is 11.9. The zero-order valence-corrected chi connectivity index (χ0v) is 19.9. The first-order valence-corrected chi connectivity index (χ1v) is 11.9. The van der Waals surface area contributed by atoms with Crippen molar-refractivity contribution in [2.24, 2.45) is 5.41 Å². The first kappa shape index (κ1) is 22.1. The average Bonchev–Trinajstić information content (AvgIpc) is 3.43. The second-order valence-corrected chi connectivity index (χ2v) is 9.97. The van der Waals surface area contributed by atoms with E-state index in [0.29, 0.717) is 5.56 Å². The van der Waals surface area contributed by atoms with Crippen LogP contribution in [0.25, 0.3) is 0 Å². The maximum absolute atomic E-state index is 12.9. The zero-order valence-electron chi connectivity index (χ0n) is 19.9. The average molecular weight is 455 g/mol. The van der Waals surface area contributed by atoms with Crippen molar-refractivity contribution in [3.63, 3.8) is 0 Å². The van der Waals surface area contributed by atoms with Crippen LogP contribution in [-0.4, -0.2) is 29.8 Å². The van der Waals surface area contributed by atoms with Crippen molar-refractivity contribution < 1.29 is 9.59 Å². The van der Waals surface area contributed by atoms with Crippen molar-refractivity contribution in [1.29, 1.82) is 0 Å². The summed E-state index contributed by atoms with van der Waals surface area (Å²) in [7, 11) is 0. The van der Waals surface area contributed by atoms with E-state index in [1.807, 2.05) is 57.2 Å². The van der Waals surface area contributed by atoms with Gasteiger partial charge in [-0.2, -0.15) is 0 Å². The summed E-state index contributed by atoms with van der Waals surface area (Å²) < 4.78 is 0. The summed E-state index contributed by atoms with van der Waals surface area (Å²) in [6.07, 6.45) is 4.77. The van der Waals surface area contributed by atoms with Gasteiger partial charge in [-0.1, -0.05) is 19.9 Å². The number of amides is 1. The van der Waals surface area contributed by atoms with Gasteiger partial charge in [-0.15, -0.1) is 0 Å². The number of carbonyl (C=O) groups is 2. The van der Waals surface area contributed by atoms with Gasteiger partial charge in [-0.25, -0.2) is 4.98 Å². The lowest BCUT2D eigenvalue weighted by Crippen LogP contribution is -2.20. The molecule has 0 radical (unpaired) electrons. The van der Waals surface area contributed by atoms with Gasteiger partial charge in [0.05, 0.1) is 0 Å². The van der Waals surface area contributed by atoms with Crippen LogP contribution >= 0.6 is 0 Å². The Morgan fingerprint density at radius 3 is 2.56 bits per heavy atom. The number of aryl methyl sites for hydroxylation is 1. The molecular formula is C28H30N4O2. The second-order valence-electron chi connectivity index (χ2n) is 9.97. The van der Waals surface area contributed by atoms with Crippen molar-refractivity contribution in [3.8, 4) is 0 Å². The van der Waals surface area contributed by atoms with Crippen molar-refractivity contribution in [3.05, 3.63) is 77.0 Å². The van der Waals surface area contributed by atoms with Crippen LogP contribution in [0, 0.1) is 12.3 Å². The Balaban J connectivity index is 1.32. The van der Waals surface area contributed by atoms with E-state index >= 15 is 0 Å². The molecule has 0 bridgehead atoms. The molecule has 0 atom stereocenters. The third-order valence-electron chi connectivity index (χ3n) is 6.81. The molecule has 1 aromatic heterocycles. The van der Waals surface area contributed by atoms with E-state index < -0.39 is 0 Å². The Hall–Kier alpha value is -3.67. The quantitative estimate of drug-likeness (QED) is 0.513. The number of aromatic nitrogens is 1. The molecule has 1 saturated heterocycles. The summed E-state index contributed by atoms with van der Waals surface area (Å²) in [4.78, 5) is 32.1. The fourth-order valence-electron chi connectivity index (χ4n) is 4.83. The van der Waals surface area contributed by atoms with Crippen LogP contribution in [0.5, 0.6) is 0 Å². The molecule has 1 aliphatic carbocycles. The van der Waals surface area contributed by atoms with Crippen LogP contribution in [0.15, 0.2) is 54.7 Å². The van der Waals surface area contributed by atoms with E-state index in [9.17, 15) is 9.59 Å². The molecule has 0 saturated carbocycles. The Kier molecular flexibility index (Phi) is 5.60. The number of hydrogen-bond acceptors (Lipinski definition) is 5. The highest BCUT2D eigenvalue weighted by Crippen LogP contribution is 2.38. The highest BCUT2D eigenvalue weighted by Gasteiger charge is 2.37. The van der Waals surface area contributed by atoms with Crippen molar-refractivity contribution in [1.82, 2.24) is 4.98 Å². The van der Waals surface area contributed by atoms with Crippen molar-refractivity contribution in [2.75, 3.05) is 28.6 Å². The fraction of sp³-hybridized carbons (Fsp3) is 0.321. The molecule has 5 rings (SSSR count). The standard InChI is InChI=1S/C28H30N4O2/c1-18-6-7-22(31-27(34)19-10-11-29-25(15-19)32-12-4-5-13-32)16-24(18)30-21-8-9-23-20(14-21)17-28(2,3)26(23)33/h6-11,14-16,30H,4-5,12-13,17H2,1-3H3,(H,31,34). The van der Waals surface area contributed by atoms with Crippen LogP contribution in [0.4, 0.5) is 22.9 Å². The molecular weight excluding hydrogens is 424 g/mol. The van der Waals surface area contributed by atoms with Crippen LogP contribution in [0.3, 0.4) is 0 Å². The van der Waals surface area contributed by atoms with Crippen molar-refractivity contribution >= 4 is 34.6 Å². The Labute approximate surface area is 200 Å². The highest BCUT2D eigenvalue weighted by atomic mass is 16.1. The number of rotatable bonds is 5. The number of anilines is 4. The normalized spacial score (nSPS) is 16.4. The van der Waals surface area contributed by atoms with E-state index in [1.165, 1.54) is 0 Å². The summed E-state index contributed by atoms with van der Waals surface area (Å²) in [6, 6.07) is 15.4. The highest BCUT2D eigenvalue weighted by molar-refractivity contribution is 6.05. The first-order chi connectivity index (χ1) is 16.3. The summed E-state index contributed by atoms with van der Waals surface area (Å²) in [5, 5.41) is 6.48. The van der Waals surface area contributed by atoms with E-state index in [4.69, 9.17) is 0 Å². The summed E-state index contributed by atoms with van der Waals surface area (Å²) in [6.45, 7) is 7.99. The van der Waals surface area contributed by atoms with Gasteiger partial charge in [0.2, 0.25) is 0 Å². The van der Waals surface area contributed by atoms with Gasteiger partial charge in [0.1, 0.15) is 5.82 Å². The maximum atomic E-state index is 12.9. The molecule has 1 amide bonds. The lowest BCUT2D eigenvalue weighted by Gasteiger charge is -2.17. The van der Waals surface area contributed by atoms with Crippen LogP contribution in [0.1, 0.15) is 58.5 Å². The van der Waals surface area contributed by atoms with E-state index in [-0.39, 0.29) is 17.1 Å². The Morgan fingerprint density at radius 1 is 1.00 bits per heavy atom. The van der Waals surface area contributed by atoms with Gasteiger partial charge in [0.15, 0.2) is 5.78 Å². The number of carbonyl (C=O) groups excluding carboxylic acids is 2. The predicted molar refractivity (Wildman–Crippen MR) is 136 cm³/mol. The van der Waals surface area contributed by atoms with Gasteiger partial charge in [0.25, 0.3) is 5.91 Å². The lowest BCUT2D eigenvalue weighted by atomic mass is 9.89. The molecule has 1 fully saturated rings. The maximum Gasteiger partial charge on any atom is 0.255 e. The van der Waals surface area contributed by atoms with E-state index in [1.54, 1.807) is 12.3 Å². The van der Waals surface area contributed by atoms with Gasteiger partial charge in [-0.3, -0.25) is 9.59 Å². The number of benzene rings is 2. The minimum Gasteiger partial charge on any atom is -0.357 e. The lowest BCUT2D eigenvalue weighted by molar-refractivity contribution is 0.0863. The minimum atomic E-state index is -0.345. The molecule has 174 valence electrons. The topological polar surface area (TPSA) is 74.3 Å². The third-order valence-corrected chi connectivity index (χ3v) is 6.81. The smallest absolute Gasteiger partial charge is 0.255 e. The Morgan fingerprint density at radius 2 is 1.76 bits per heavy atom. The zero-order chi connectivity index (χ0) is 23.9. The molecule has 2 aromatic carbocycles. The number of hydrogen-bond donors (Lipinski definition) is 2. The predicted octanol–water partition coefficient (Wildman–Crippen LogP) is 5.75. The largest absolute Gasteiger partial charge is 0.357 e. The molecule has 2 heterocycles. The molecule has 1 aliphatic heterocycles. The molecule has 6 heteroatoms. The summed E-state index contributed by atoms with van der Waals surface area (Å²) in [5.41, 5.74) is 5.77. The molecule has 34 heavy (non-hydrogen) atoms. The van der Waals surface area contributed by atoms with Crippen molar-refractivity contribution in [2.45, 2.75) is 40.0 Å². The number of ketones is 1. The number of fused-ring (bicyclic) bond motifs is 1. The molecule has 2 aliphatic rings. The van der Waals surface area contributed by atoms with E-state index in [0.717, 1.165) is 71.9 Å². The summed E-state index contributed by atoms with van der Waals surface area (Å²) in [5.74, 6) is 0.907. The van der Waals surface area contributed by atoms with Gasteiger partial charge < -0.3 is 15.5 Å². The minimum absolute atomic E-state index is 0.157. The monoisotopic (exact) mass is 454 g/mol. The number of pyridine rings is 1. The van der Waals surface area contributed by atoms with Crippen LogP contribution < -0.4 is 15.5 Å².